The third kappa shape index (κ3) is 8.81. The minimum absolute atomic E-state index is 0.195. The van der Waals surface area contributed by atoms with E-state index in [9.17, 15) is 35.7 Å². The van der Waals surface area contributed by atoms with E-state index in [-0.39, 0.29) is 6.10 Å². The van der Waals surface area contributed by atoms with Crippen molar-refractivity contribution in [2.75, 3.05) is 13.2 Å². The molecule has 0 aromatic carbocycles. The van der Waals surface area contributed by atoms with Crippen LogP contribution in [0.3, 0.4) is 0 Å². The third-order valence-corrected chi connectivity index (χ3v) is 7.12. The highest BCUT2D eigenvalue weighted by atomic mass is 16.7. The number of hydrogen-bond acceptors (Lipinski definition) is 11. The second-order valence-electron chi connectivity index (χ2n) is 9.93. The van der Waals surface area contributed by atoms with Crippen LogP contribution in [0.4, 0.5) is 0 Å². The number of ether oxygens (including phenoxy) is 4. The Hall–Kier alpha value is -0.440. The molecule has 5 unspecified atom stereocenters. The minimum Gasteiger partial charge on any atom is -0.394 e. The lowest BCUT2D eigenvalue weighted by Crippen LogP contribution is -2.64. The van der Waals surface area contributed by atoms with E-state index in [4.69, 9.17) is 18.9 Å². The predicted molar refractivity (Wildman–Crippen MR) is 129 cm³/mol. The lowest BCUT2D eigenvalue weighted by molar-refractivity contribution is -0.362. The molecule has 0 spiro atoms. The number of rotatable bonds is 16. The molecule has 0 aliphatic carbocycles. The fourth-order valence-corrected chi connectivity index (χ4v) is 4.73. The van der Waals surface area contributed by atoms with Gasteiger partial charge in [0.15, 0.2) is 12.6 Å². The van der Waals surface area contributed by atoms with E-state index in [0.29, 0.717) is 6.42 Å². The topological polar surface area (TPSA) is 179 Å². The van der Waals surface area contributed by atoms with Crippen molar-refractivity contribution in [1.82, 2.24) is 0 Å². The Morgan fingerprint density at radius 2 is 1.19 bits per heavy atom. The molecular weight excluding hydrogens is 476 g/mol. The average Bonchev–Trinajstić information content (AvgIpc) is 2.88. The van der Waals surface area contributed by atoms with E-state index in [2.05, 4.69) is 6.92 Å². The Morgan fingerprint density at radius 1 is 0.639 bits per heavy atom. The Morgan fingerprint density at radius 3 is 1.78 bits per heavy atom. The van der Waals surface area contributed by atoms with Crippen molar-refractivity contribution in [3.63, 3.8) is 0 Å². The van der Waals surface area contributed by atoms with Gasteiger partial charge < -0.3 is 54.7 Å². The molecule has 2 aliphatic rings. The molecule has 11 atom stereocenters. The standard InChI is InChI=1S/C25H48O11/c1-3-5-6-7-8-9-10-11-12-15(4-2)33-24-22(32)20(30)23(17(14-27)35-24)36-25-21(31)19(29)18(28)16(13-26)34-25/h15-32H,3-14H2,1-2H3/t15?,16?,17?,18-,19+,20-,21?,22?,23-,24-,25-/m1/s1. The van der Waals surface area contributed by atoms with E-state index in [0.717, 1.165) is 19.3 Å². The summed E-state index contributed by atoms with van der Waals surface area (Å²) in [6.07, 6.45) is -3.60. The molecule has 0 saturated carbocycles. The average molecular weight is 525 g/mol. The maximum absolute atomic E-state index is 10.7. The van der Waals surface area contributed by atoms with Crippen molar-refractivity contribution in [3.05, 3.63) is 0 Å². The molecule has 2 fully saturated rings. The fourth-order valence-electron chi connectivity index (χ4n) is 4.73. The smallest absolute Gasteiger partial charge is 0.187 e. The summed E-state index contributed by atoms with van der Waals surface area (Å²) in [4.78, 5) is 0. The first-order valence-electron chi connectivity index (χ1n) is 13.5. The van der Waals surface area contributed by atoms with Crippen molar-refractivity contribution < 1.29 is 54.7 Å². The molecule has 36 heavy (non-hydrogen) atoms. The minimum atomic E-state index is -1.70. The van der Waals surface area contributed by atoms with E-state index >= 15 is 0 Å². The van der Waals surface area contributed by atoms with Crippen LogP contribution >= 0.6 is 0 Å². The van der Waals surface area contributed by atoms with Crippen molar-refractivity contribution in [3.8, 4) is 0 Å². The maximum Gasteiger partial charge on any atom is 0.187 e. The van der Waals surface area contributed by atoms with Gasteiger partial charge in [0.2, 0.25) is 0 Å². The van der Waals surface area contributed by atoms with Crippen LogP contribution in [0.15, 0.2) is 0 Å². The quantitative estimate of drug-likeness (QED) is 0.134. The van der Waals surface area contributed by atoms with Crippen molar-refractivity contribution in [1.29, 1.82) is 0 Å². The second kappa shape index (κ2) is 16.5. The highest BCUT2D eigenvalue weighted by Crippen LogP contribution is 2.30. The molecule has 0 radical (unpaired) electrons. The molecule has 0 aromatic heterocycles. The number of aliphatic hydroxyl groups excluding tert-OH is 7. The van der Waals surface area contributed by atoms with Crippen molar-refractivity contribution in [2.24, 2.45) is 0 Å². The van der Waals surface area contributed by atoms with Crippen LogP contribution < -0.4 is 0 Å². The number of aliphatic hydroxyl groups is 7. The van der Waals surface area contributed by atoms with Crippen LogP contribution in [-0.4, -0.2) is 116 Å². The van der Waals surface area contributed by atoms with Crippen molar-refractivity contribution >= 4 is 0 Å². The molecule has 0 amide bonds. The third-order valence-electron chi connectivity index (χ3n) is 7.12. The van der Waals surface area contributed by atoms with Gasteiger partial charge in [0.05, 0.1) is 19.3 Å². The summed E-state index contributed by atoms with van der Waals surface area (Å²) >= 11 is 0. The summed E-state index contributed by atoms with van der Waals surface area (Å²) in [6, 6.07) is 0. The van der Waals surface area contributed by atoms with Crippen molar-refractivity contribution in [2.45, 2.75) is 146 Å². The molecule has 2 saturated heterocycles. The lowest BCUT2D eigenvalue weighted by atomic mass is 9.97. The van der Waals surface area contributed by atoms with Gasteiger partial charge in [-0.2, -0.15) is 0 Å². The largest absolute Gasteiger partial charge is 0.394 e. The number of hydrogen-bond donors (Lipinski definition) is 7. The zero-order valence-corrected chi connectivity index (χ0v) is 21.6. The Kier molecular flexibility index (Phi) is 14.6. The van der Waals surface area contributed by atoms with Gasteiger partial charge in [-0.3, -0.25) is 0 Å². The first-order valence-corrected chi connectivity index (χ1v) is 13.5. The van der Waals surface area contributed by atoms with Gasteiger partial charge in [-0.15, -0.1) is 0 Å². The van der Waals surface area contributed by atoms with Crippen LogP contribution in [0.2, 0.25) is 0 Å². The van der Waals surface area contributed by atoms with Crippen LogP contribution in [0.25, 0.3) is 0 Å². The van der Waals surface area contributed by atoms with Gasteiger partial charge in [0.1, 0.15) is 48.8 Å². The predicted octanol–water partition coefficient (Wildman–Crippen LogP) is -0.0635. The maximum atomic E-state index is 10.7. The van der Waals surface area contributed by atoms with Gasteiger partial charge in [0.25, 0.3) is 0 Å². The zero-order chi connectivity index (χ0) is 26.7. The summed E-state index contributed by atoms with van der Waals surface area (Å²) in [5.41, 5.74) is 0. The molecule has 214 valence electrons. The molecule has 11 nitrogen and oxygen atoms in total. The first-order chi connectivity index (χ1) is 17.3. The molecular formula is C25H48O11. The molecule has 0 aromatic rings. The molecule has 2 heterocycles. The van der Waals surface area contributed by atoms with Gasteiger partial charge in [-0.25, -0.2) is 0 Å². The fraction of sp³-hybridized carbons (Fsp3) is 1.00. The lowest BCUT2D eigenvalue weighted by Gasteiger charge is -2.46. The van der Waals surface area contributed by atoms with E-state index in [1.54, 1.807) is 0 Å². The van der Waals surface area contributed by atoms with E-state index < -0.39 is 74.6 Å². The molecule has 7 N–H and O–H groups in total. The molecule has 0 bridgehead atoms. The van der Waals surface area contributed by atoms with Gasteiger partial charge >= 0.3 is 0 Å². The van der Waals surface area contributed by atoms with Crippen LogP contribution in [0.5, 0.6) is 0 Å². The zero-order valence-electron chi connectivity index (χ0n) is 21.6. The molecule has 2 aliphatic heterocycles. The van der Waals surface area contributed by atoms with Crippen LogP contribution in [0, 0.1) is 0 Å². The van der Waals surface area contributed by atoms with Crippen LogP contribution in [-0.2, 0) is 18.9 Å². The SMILES string of the molecule is CCCCCCCCCCC(CC)O[C@@H]1OC(CO)[C@@H](O[C@H]2OC(CO)[C@@H](O)[C@H](O)C2O)[C@H](O)C1O. The summed E-state index contributed by atoms with van der Waals surface area (Å²) < 4.78 is 22.6. The van der Waals surface area contributed by atoms with Gasteiger partial charge in [-0.1, -0.05) is 65.2 Å². The normalized spacial score (nSPS) is 38.2. The highest BCUT2D eigenvalue weighted by Gasteiger charge is 2.50. The Balaban J connectivity index is 1.88. The number of unbranched alkanes of at least 4 members (excludes halogenated alkanes) is 7. The monoisotopic (exact) mass is 524 g/mol. The Labute approximate surface area is 214 Å². The molecule has 2 rings (SSSR count). The van der Waals surface area contributed by atoms with Gasteiger partial charge in [0, 0.05) is 0 Å². The van der Waals surface area contributed by atoms with E-state index in [1.165, 1.54) is 38.5 Å². The molecule has 11 heteroatoms. The highest BCUT2D eigenvalue weighted by molar-refractivity contribution is 4.94. The van der Waals surface area contributed by atoms with Crippen LogP contribution in [0.1, 0.15) is 78.1 Å². The van der Waals surface area contributed by atoms with E-state index in [1.807, 2.05) is 6.92 Å². The summed E-state index contributed by atoms with van der Waals surface area (Å²) in [5.74, 6) is 0. The Bertz CT molecular complexity index is 578. The second-order valence-corrected chi connectivity index (χ2v) is 9.93. The first kappa shape index (κ1) is 31.8. The summed E-state index contributed by atoms with van der Waals surface area (Å²) in [7, 11) is 0. The summed E-state index contributed by atoms with van der Waals surface area (Å²) in [5, 5.41) is 70.8. The van der Waals surface area contributed by atoms with Gasteiger partial charge in [-0.05, 0) is 12.8 Å². The summed E-state index contributed by atoms with van der Waals surface area (Å²) in [6.45, 7) is 2.94.